The highest BCUT2D eigenvalue weighted by atomic mass is 16.6. The summed E-state index contributed by atoms with van der Waals surface area (Å²) in [7, 11) is 0. The number of nitrogens with zero attached hydrogens (tertiary/aromatic N) is 1. The molecule has 2 heterocycles. The number of para-hydroxylation sites is 2. The number of benzene rings is 1. The SMILES string of the molecule is CCOC(=O)c1ncccc1NC(=O)C1Oc2ccccc2OC1C. The molecule has 1 aliphatic heterocycles. The van der Waals surface area contributed by atoms with Gasteiger partial charge in [0.25, 0.3) is 5.91 Å². The number of hydrogen-bond acceptors (Lipinski definition) is 6. The van der Waals surface area contributed by atoms with E-state index in [2.05, 4.69) is 10.3 Å². The van der Waals surface area contributed by atoms with E-state index in [1.165, 1.54) is 6.20 Å². The van der Waals surface area contributed by atoms with Crippen LogP contribution in [0.2, 0.25) is 0 Å². The fraction of sp³-hybridized carbons (Fsp3) is 0.278. The summed E-state index contributed by atoms with van der Waals surface area (Å²) >= 11 is 0. The molecule has 1 N–H and O–H groups in total. The molecule has 0 saturated heterocycles. The third-order valence-electron chi connectivity index (χ3n) is 3.64. The lowest BCUT2D eigenvalue weighted by Gasteiger charge is -2.31. The highest BCUT2D eigenvalue weighted by Crippen LogP contribution is 2.33. The molecule has 0 radical (unpaired) electrons. The molecule has 7 heteroatoms. The molecule has 0 aliphatic carbocycles. The Bertz CT molecular complexity index is 793. The van der Waals surface area contributed by atoms with Crippen LogP contribution >= 0.6 is 0 Å². The molecule has 2 unspecified atom stereocenters. The van der Waals surface area contributed by atoms with Crippen molar-refractivity contribution in [2.24, 2.45) is 0 Å². The number of carbonyl (C=O) groups is 2. The molecule has 1 amide bonds. The van der Waals surface area contributed by atoms with Crippen LogP contribution in [0.15, 0.2) is 42.6 Å². The summed E-state index contributed by atoms with van der Waals surface area (Å²) in [6, 6.07) is 10.3. The Hall–Kier alpha value is -3.09. The van der Waals surface area contributed by atoms with Crippen LogP contribution in [-0.4, -0.2) is 35.7 Å². The smallest absolute Gasteiger partial charge is 0.359 e. The van der Waals surface area contributed by atoms with Crippen LogP contribution in [0.1, 0.15) is 24.3 Å². The van der Waals surface area contributed by atoms with Crippen LogP contribution < -0.4 is 14.8 Å². The molecular formula is C18H18N2O5. The maximum absolute atomic E-state index is 12.6. The summed E-state index contributed by atoms with van der Waals surface area (Å²) in [6.07, 6.45) is 0.115. The van der Waals surface area contributed by atoms with Gasteiger partial charge in [-0.25, -0.2) is 9.78 Å². The lowest BCUT2D eigenvalue weighted by atomic mass is 10.1. The molecule has 2 atom stereocenters. The highest BCUT2D eigenvalue weighted by Gasteiger charge is 2.34. The number of esters is 1. The molecule has 25 heavy (non-hydrogen) atoms. The molecule has 0 fully saturated rings. The molecule has 3 rings (SSSR count). The van der Waals surface area contributed by atoms with Gasteiger partial charge in [0.15, 0.2) is 17.2 Å². The summed E-state index contributed by atoms with van der Waals surface area (Å²) in [5.41, 5.74) is 0.308. The summed E-state index contributed by atoms with van der Waals surface area (Å²) in [5.74, 6) is 0.0587. The Morgan fingerprint density at radius 3 is 2.60 bits per heavy atom. The third kappa shape index (κ3) is 3.55. The fourth-order valence-electron chi connectivity index (χ4n) is 2.48. The summed E-state index contributed by atoms with van der Waals surface area (Å²) < 4.78 is 16.4. The van der Waals surface area contributed by atoms with E-state index in [-0.39, 0.29) is 18.0 Å². The van der Waals surface area contributed by atoms with Crippen molar-refractivity contribution in [3.05, 3.63) is 48.3 Å². The number of nitrogens with one attached hydrogen (secondary N) is 1. The summed E-state index contributed by atoms with van der Waals surface area (Å²) in [6.45, 7) is 3.66. The van der Waals surface area contributed by atoms with E-state index in [0.717, 1.165) is 0 Å². The Balaban J connectivity index is 1.78. The first-order valence-corrected chi connectivity index (χ1v) is 7.95. The van der Waals surface area contributed by atoms with Gasteiger partial charge < -0.3 is 19.5 Å². The van der Waals surface area contributed by atoms with Crippen molar-refractivity contribution in [2.75, 3.05) is 11.9 Å². The van der Waals surface area contributed by atoms with E-state index < -0.39 is 24.1 Å². The van der Waals surface area contributed by atoms with Gasteiger partial charge in [-0.2, -0.15) is 0 Å². The molecule has 1 aliphatic rings. The second-order valence-electron chi connectivity index (χ2n) is 5.42. The lowest BCUT2D eigenvalue weighted by Crippen LogP contribution is -2.46. The minimum atomic E-state index is -0.856. The van der Waals surface area contributed by atoms with Crippen molar-refractivity contribution in [1.82, 2.24) is 4.98 Å². The number of rotatable bonds is 4. The predicted octanol–water partition coefficient (Wildman–Crippen LogP) is 2.43. The average molecular weight is 342 g/mol. The van der Waals surface area contributed by atoms with Crippen LogP contribution in [0.25, 0.3) is 0 Å². The van der Waals surface area contributed by atoms with Crippen LogP contribution in [-0.2, 0) is 9.53 Å². The average Bonchev–Trinajstić information content (AvgIpc) is 2.61. The van der Waals surface area contributed by atoms with Crippen molar-refractivity contribution < 1.29 is 23.8 Å². The molecule has 1 aromatic carbocycles. The molecule has 130 valence electrons. The topological polar surface area (TPSA) is 86.8 Å². The fourth-order valence-corrected chi connectivity index (χ4v) is 2.48. The standard InChI is InChI=1S/C18H18N2O5/c1-3-23-18(22)15-12(7-6-10-19-15)20-17(21)16-11(2)24-13-8-4-5-9-14(13)25-16/h4-11,16H,3H2,1-2H3,(H,20,21). The molecule has 0 spiro atoms. The van der Waals surface area contributed by atoms with E-state index in [1.54, 1.807) is 44.2 Å². The molecule has 0 bridgehead atoms. The number of carbonyl (C=O) groups excluding carboxylic acids is 2. The molecule has 2 aromatic rings. The van der Waals surface area contributed by atoms with Gasteiger partial charge >= 0.3 is 5.97 Å². The van der Waals surface area contributed by atoms with E-state index >= 15 is 0 Å². The van der Waals surface area contributed by atoms with Gasteiger partial charge in [-0.3, -0.25) is 4.79 Å². The number of fused-ring (bicyclic) bond motifs is 1. The van der Waals surface area contributed by atoms with Gasteiger partial charge in [-0.15, -0.1) is 0 Å². The molecule has 1 aromatic heterocycles. The number of hydrogen-bond donors (Lipinski definition) is 1. The van der Waals surface area contributed by atoms with Gasteiger partial charge in [0.05, 0.1) is 12.3 Å². The van der Waals surface area contributed by atoms with Crippen LogP contribution in [0.5, 0.6) is 11.5 Å². The second-order valence-corrected chi connectivity index (χ2v) is 5.42. The van der Waals surface area contributed by atoms with Crippen molar-refractivity contribution in [3.63, 3.8) is 0 Å². The Morgan fingerprint density at radius 2 is 1.88 bits per heavy atom. The van der Waals surface area contributed by atoms with Crippen molar-refractivity contribution in [2.45, 2.75) is 26.1 Å². The first-order valence-electron chi connectivity index (χ1n) is 7.95. The van der Waals surface area contributed by atoms with Gasteiger partial charge in [-0.05, 0) is 38.1 Å². The third-order valence-corrected chi connectivity index (χ3v) is 3.64. The first kappa shape index (κ1) is 16.8. The van der Waals surface area contributed by atoms with E-state index in [1.807, 2.05) is 6.07 Å². The second kappa shape index (κ2) is 7.21. The monoisotopic (exact) mass is 342 g/mol. The van der Waals surface area contributed by atoms with Crippen molar-refractivity contribution >= 4 is 17.6 Å². The highest BCUT2D eigenvalue weighted by molar-refractivity contribution is 6.01. The number of anilines is 1. The summed E-state index contributed by atoms with van der Waals surface area (Å²) in [5, 5.41) is 2.67. The molecule has 7 nitrogen and oxygen atoms in total. The van der Waals surface area contributed by atoms with Crippen molar-refractivity contribution in [1.29, 1.82) is 0 Å². The van der Waals surface area contributed by atoms with E-state index in [0.29, 0.717) is 11.5 Å². The van der Waals surface area contributed by atoms with Crippen LogP contribution in [0.4, 0.5) is 5.69 Å². The minimum Gasteiger partial charge on any atom is -0.482 e. The van der Waals surface area contributed by atoms with Crippen molar-refractivity contribution in [3.8, 4) is 11.5 Å². The zero-order valence-electron chi connectivity index (χ0n) is 13.9. The zero-order chi connectivity index (χ0) is 17.8. The van der Waals surface area contributed by atoms with E-state index in [4.69, 9.17) is 14.2 Å². The summed E-state index contributed by atoms with van der Waals surface area (Å²) in [4.78, 5) is 28.6. The van der Waals surface area contributed by atoms with Gasteiger partial charge in [0.1, 0.15) is 6.10 Å². The Kier molecular flexibility index (Phi) is 4.83. The lowest BCUT2D eigenvalue weighted by molar-refractivity contribution is -0.128. The minimum absolute atomic E-state index is 0.0440. The number of amides is 1. The number of aromatic nitrogens is 1. The zero-order valence-corrected chi connectivity index (χ0v) is 13.9. The van der Waals surface area contributed by atoms with E-state index in [9.17, 15) is 9.59 Å². The Morgan fingerprint density at radius 1 is 1.16 bits per heavy atom. The van der Waals surface area contributed by atoms with Gasteiger partial charge in [0.2, 0.25) is 6.10 Å². The Labute approximate surface area is 144 Å². The van der Waals surface area contributed by atoms with Crippen LogP contribution in [0.3, 0.4) is 0 Å². The quantitative estimate of drug-likeness (QED) is 0.859. The predicted molar refractivity (Wildman–Crippen MR) is 89.8 cm³/mol. The number of pyridine rings is 1. The first-order chi connectivity index (χ1) is 12.1. The van der Waals surface area contributed by atoms with Gasteiger partial charge in [-0.1, -0.05) is 12.1 Å². The molecule has 0 saturated carbocycles. The molecular weight excluding hydrogens is 324 g/mol. The maximum atomic E-state index is 12.6. The normalized spacial score (nSPS) is 18.3. The number of ether oxygens (including phenoxy) is 3. The maximum Gasteiger partial charge on any atom is 0.359 e. The van der Waals surface area contributed by atoms with Crippen LogP contribution in [0, 0.1) is 0 Å². The van der Waals surface area contributed by atoms with Gasteiger partial charge in [0, 0.05) is 6.20 Å². The largest absolute Gasteiger partial charge is 0.482 e.